The smallest absolute Gasteiger partial charge is 0.387 e. The quantitative estimate of drug-likeness (QED) is 0.489. The number of hydrogen-bond donors (Lipinski definition) is 2. The van der Waals surface area contributed by atoms with Crippen LogP contribution in [-0.4, -0.2) is 23.2 Å². The van der Waals surface area contributed by atoms with Crippen molar-refractivity contribution in [1.29, 1.82) is 0 Å². The van der Waals surface area contributed by atoms with Crippen molar-refractivity contribution in [2.45, 2.75) is 78.4 Å². The zero-order chi connectivity index (χ0) is 24.1. The molecule has 0 fully saturated rings. The minimum absolute atomic E-state index is 0.0546. The number of halogens is 3. The lowest BCUT2D eigenvalue weighted by atomic mass is 9.92. The Morgan fingerprint density at radius 3 is 2.25 bits per heavy atom. The molecule has 1 amide bonds. The molecule has 0 saturated heterocycles. The van der Waals surface area contributed by atoms with Gasteiger partial charge in [-0.3, -0.25) is 9.93 Å². The minimum Gasteiger partial charge on any atom is -0.435 e. The predicted octanol–water partition coefficient (Wildman–Crippen LogP) is 5.22. The maximum Gasteiger partial charge on any atom is 0.387 e. The van der Waals surface area contributed by atoms with E-state index in [-0.39, 0.29) is 23.5 Å². The van der Waals surface area contributed by atoms with E-state index in [1.54, 1.807) is 26.0 Å². The summed E-state index contributed by atoms with van der Waals surface area (Å²) in [5.74, 6) is -1.01. The molecule has 0 saturated carbocycles. The van der Waals surface area contributed by atoms with Crippen LogP contribution in [0.2, 0.25) is 0 Å². The molecular formula is C23H31F3N2O3S. The number of carbonyl (C=O) groups excluding carboxylic acids is 1. The van der Waals surface area contributed by atoms with Crippen molar-refractivity contribution in [3.8, 4) is 5.75 Å². The largest absolute Gasteiger partial charge is 0.435 e. The van der Waals surface area contributed by atoms with Gasteiger partial charge in [-0.05, 0) is 67.2 Å². The molecule has 1 aliphatic carbocycles. The number of aliphatic hydroxyl groups is 1. The summed E-state index contributed by atoms with van der Waals surface area (Å²) in [5.41, 5.74) is 1.52. The maximum atomic E-state index is 14.3. The molecule has 3 N–H and O–H groups in total. The first-order chi connectivity index (χ1) is 15.0. The second-order valence-corrected chi connectivity index (χ2v) is 9.56. The van der Waals surface area contributed by atoms with Crippen molar-refractivity contribution in [2.24, 2.45) is 9.50 Å². The molecule has 2 rings (SSSR count). The average Bonchev–Trinajstić information content (AvgIpc) is 3.06. The van der Waals surface area contributed by atoms with Crippen LogP contribution in [0.5, 0.6) is 5.75 Å². The molecule has 1 aromatic carbocycles. The number of nitrogens with two attached hydrogens (primary N) is 1. The van der Waals surface area contributed by atoms with Gasteiger partial charge in [-0.25, -0.2) is 4.39 Å². The van der Waals surface area contributed by atoms with E-state index in [1.807, 2.05) is 13.8 Å². The molecule has 9 heteroatoms. The Hall–Kier alpha value is -1.97. The Morgan fingerprint density at radius 2 is 1.81 bits per heavy atom. The third-order valence-corrected chi connectivity index (χ3v) is 6.40. The van der Waals surface area contributed by atoms with Gasteiger partial charge in [0.15, 0.2) is 0 Å². The second-order valence-electron chi connectivity index (χ2n) is 8.25. The minimum atomic E-state index is -2.93. The third-order valence-electron chi connectivity index (χ3n) is 5.16. The normalized spacial score (nSPS) is 15.5. The number of carbonyl (C=O) groups is 1. The number of rotatable bonds is 10. The number of aryl methyl sites for hydroxylation is 2. The van der Waals surface area contributed by atoms with E-state index in [0.717, 1.165) is 29.5 Å². The van der Waals surface area contributed by atoms with Gasteiger partial charge in [0.05, 0.1) is 16.9 Å². The van der Waals surface area contributed by atoms with E-state index in [9.17, 15) is 23.1 Å². The Bertz CT molecular complexity index is 923. The summed E-state index contributed by atoms with van der Waals surface area (Å²) in [7, 11) is -1.47. The van der Waals surface area contributed by atoms with Crippen LogP contribution < -0.4 is 9.88 Å². The fraction of sp³-hybridized carbons (Fsp3) is 0.522. The van der Waals surface area contributed by atoms with Crippen LogP contribution in [-0.2, 0) is 34.9 Å². The summed E-state index contributed by atoms with van der Waals surface area (Å²) >= 11 is 0. The van der Waals surface area contributed by atoms with Gasteiger partial charge in [-0.2, -0.15) is 13.1 Å². The summed E-state index contributed by atoms with van der Waals surface area (Å²) in [5, 5.41) is 16.1. The average molecular weight is 473 g/mol. The summed E-state index contributed by atoms with van der Waals surface area (Å²) in [6.45, 7) is 4.08. The molecule has 0 aliphatic heterocycles. The van der Waals surface area contributed by atoms with Gasteiger partial charge in [0.25, 0.3) is 5.91 Å². The van der Waals surface area contributed by atoms with Crippen molar-refractivity contribution >= 4 is 16.8 Å². The highest BCUT2D eigenvalue weighted by Crippen LogP contribution is 2.34. The van der Waals surface area contributed by atoms with Gasteiger partial charge in [-0.1, -0.05) is 26.7 Å². The first kappa shape index (κ1) is 26.3. The molecule has 1 unspecified atom stereocenters. The van der Waals surface area contributed by atoms with Crippen molar-refractivity contribution in [3.05, 3.63) is 51.2 Å². The molecule has 5 nitrogen and oxygen atoms in total. The van der Waals surface area contributed by atoms with Gasteiger partial charge in [0.2, 0.25) is 0 Å². The summed E-state index contributed by atoms with van der Waals surface area (Å²) < 4.78 is 48.4. The van der Waals surface area contributed by atoms with E-state index in [1.165, 1.54) is 6.08 Å². The first-order valence-corrected chi connectivity index (χ1v) is 11.9. The highest BCUT2D eigenvalue weighted by atomic mass is 32.2. The number of alkyl halides is 2. The van der Waals surface area contributed by atoms with Crippen LogP contribution in [0.1, 0.15) is 63.6 Å². The Balaban J connectivity index is 2.31. The van der Waals surface area contributed by atoms with Crippen LogP contribution >= 0.6 is 0 Å². The number of ether oxygens (including phenoxy) is 1. The number of nitrogens with zero attached hydrogens (tertiary/aromatic N) is 1. The number of amides is 1. The SMILES string of the molecule is CCCc1cc(OC(F)F)cc(CCC)c1CC(=O)N=S(N)C1=C(F)C=C(C(C)(C)O)C1. The molecular weight excluding hydrogens is 441 g/mol. The molecule has 0 aromatic heterocycles. The lowest BCUT2D eigenvalue weighted by Crippen LogP contribution is -2.21. The Kier molecular flexibility index (Phi) is 9.24. The molecule has 0 heterocycles. The van der Waals surface area contributed by atoms with E-state index in [2.05, 4.69) is 9.10 Å². The molecule has 0 bridgehead atoms. The Labute approximate surface area is 189 Å². The predicted molar refractivity (Wildman–Crippen MR) is 121 cm³/mol. The molecule has 0 spiro atoms. The van der Waals surface area contributed by atoms with Crippen LogP contribution in [0.15, 0.2) is 38.9 Å². The van der Waals surface area contributed by atoms with E-state index >= 15 is 0 Å². The maximum absolute atomic E-state index is 14.3. The third kappa shape index (κ3) is 7.02. The number of benzene rings is 1. The highest BCUT2D eigenvalue weighted by Gasteiger charge is 2.28. The van der Waals surface area contributed by atoms with Crippen LogP contribution in [0.3, 0.4) is 0 Å². The number of allylic oxidation sites excluding steroid dienone is 3. The zero-order valence-corrected chi connectivity index (χ0v) is 19.7. The van der Waals surface area contributed by atoms with E-state index in [4.69, 9.17) is 5.14 Å². The Morgan fingerprint density at radius 1 is 1.25 bits per heavy atom. The highest BCUT2D eigenvalue weighted by molar-refractivity contribution is 7.89. The molecule has 1 atom stereocenters. The van der Waals surface area contributed by atoms with Crippen molar-refractivity contribution in [2.75, 3.05) is 0 Å². The van der Waals surface area contributed by atoms with E-state index in [0.29, 0.717) is 18.4 Å². The van der Waals surface area contributed by atoms with Crippen molar-refractivity contribution < 1.29 is 27.8 Å². The standard InChI is InChI=1S/C23H31F3N2O3S/c1-5-7-14-9-17(31-22(25)26)10-15(8-6-2)18(14)13-21(29)28-32(27)20-12-16(11-19(20)24)23(3,4)30/h9-11,22,30H,5-8,12-13H2,1-4H3,(H2,27,28,29). The molecule has 1 aliphatic rings. The summed E-state index contributed by atoms with van der Waals surface area (Å²) in [6, 6.07) is 3.08. The second kappa shape index (κ2) is 11.2. The van der Waals surface area contributed by atoms with Crippen LogP contribution in [0, 0.1) is 0 Å². The lowest BCUT2D eigenvalue weighted by Gasteiger charge is -2.19. The lowest BCUT2D eigenvalue weighted by molar-refractivity contribution is -0.117. The monoisotopic (exact) mass is 472 g/mol. The van der Waals surface area contributed by atoms with Gasteiger partial charge >= 0.3 is 6.61 Å². The van der Waals surface area contributed by atoms with Crippen molar-refractivity contribution in [1.82, 2.24) is 0 Å². The summed E-state index contributed by atoms with van der Waals surface area (Å²) in [4.78, 5) is 12.9. The fourth-order valence-electron chi connectivity index (χ4n) is 3.61. The van der Waals surface area contributed by atoms with Gasteiger partial charge in [-0.15, -0.1) is 0 Å². The fourth-order valence-corrected chi connectivity index (χ4v) is 4.56. The summed E-state index contributed by atoms with van der Waals surface area (Å²) in [6.07, 6.45) is 4.00. The van der Waals surface area contributed by atoms with Gasteiger partial charge in [0, 0.05) is 17.3 Å². The molecule has 32 heavy (non-hydrogen) atoms. The van der Waals surface area contributed by atoms with Crippen molar-refractivity contribution in [3.63, 3.8) is 0 Å². The van der Waals surface area contributed by atoms with Crippen LogP contribution in [0.4, 0.5) is 13.2 Å². The first-order valence-electron chi connectivity index (χ1n) is 10.6. The van der Waals surface area contributed by atoms with Crippen LogP contribution in [0.25, 0.3) is 0 Å². The van der Waals surface area contributed by atoms with Gasteiger partial charge in [0.1, 0.15) is 11.6 Å². The topological polar surface area (TPSA) is 84.9 Å². The molecule has 178 valence electrons. The van der Waals surface area contributed by atoms with Gasteiger partial charge < -0.3 is 9.84 Å². The molecule has 0 radical (unpaired) electrons. The number of hydrogen-bond acceptors (Lipinski definition) is 3. The van der Waals surface area contributed by atoms with E-state index < -0.39 is 34.8 Å². The molecule has 1 aromatic rings. The zero-order valence-electron chi connectivity index (χ0n) is 18.9.